The first-order valence-electron chi connectivity index (χ1n) is 11.1. The number of carbonyl (C=O) groups excluding carboxylic acids is 2. The third-order valence-corrected chi connectivity index (χ3v) is 6.36. The second-order valence-electron chi connectivity index (χ2n) is 8.24. The summed E-state index contributed by atoms with van der Waals surface area (Å²) < 4.78 is 5.64. The quantitative estimate of drug-likeness (QED) is 0.504. The van der Waals surface area contributed by atoms with Crippen LogP contribution in [0.4, 0.5) is 5.69 Å². The van der Waals surface area contributed by atoms with Gasteiger partial charge in [0.05, 0.1) is 17.4 Å². The summed E-state index contributed by atoms with van der Waals surface area (Å²) in [5, 5.41) is 5.98. The maximum Gasteiger partial charge on any atom is 0.256 e. The predicted octanol–water partition coefficient (Wildman–Crippen LogP) is 5.51. The summed E-state index contributed by atoms with van der Waals surface area (Å²) in [6, 6.07) is 14.7. The molecule has 5 nitrogen and oxygen atoms in total. The van der Waals surface area contributed by atoms with Crippen molar-refractivity contribution in [3.63, 3.8) is 0 Å². The molecule has 2 aromatic carbocycles. The van der Waals surface area contributed by atoms with Crippen LogP contribution >= 0.6 is 11.8 Å². The van der Waals surface area contributed by atoms with Crippen LogP contribution in [-0.4, -0.2) is 30.2 Å². The molecule has 0 saturated heterocycles. The average molecular weight is 441 g/mol. The zero-order chi connectivity index (χ0) is 22.1. The molecule has 1 aliphatic rings. The Hall–Kier alpha value is -2.47. The monoisotopic (exact) mass is 440 g/mol. The Morgan fingerprint density at radius 2 is 1.74 bits per heavy atom. The van der Waals surface area contributed by atoms with Gasteiger partial charge in [-0.3, -0.25) is 9.59 Å². The zero-order valence-electron chi connectivity index (χ0n) is 18.4. The molecule has 0 aromatic heterocycles. The number of anilines is 1. The maximum atomic E-state index is 12.8. The number of hydrogen-bond donors (Lipinski definition) is 2. The van der Waals surface area contributed by atoms with Crippen molar-refractivity contribution in [3.05, 3.63) is 54.1 Å². The van der Waals surface area contributed by atoms with Gasteiger partial charge in [0.25, 0.3) is 5.91 Å². The molecule has 1 fully saturated rings. The van der Waals surface area contributed by atoms with Gasteiger partial charge >= 0.3 is 0 Å². The van der Waals surface area contributed by atoms with Crippen molar-refractivity contribution in [2.45, 2.75) is 57.0 Å². The molecule has 3 rings (SSSR count). The molecule has 0 unspecified atom stereocenters. The van der Waals surface area contributed by atoms with Gasteiger partial charge < -0.3 is 15.4 Å². The molecule has 0 heterocycles. The number of thioether (sulfide) groups is 1. The molecule has 6 heteroatoms. The van der Waals surface area contributed by atoms with Gasteiger partial charge in [-0.15, -0.1) is 11.8 Å². The topological polar surface area (TPSA) is 67.4 Å². The highest BCUT2D eigenvalue weighted by Crippen LogP contribution is 2.25. The van der Waals surface area contributed by atoms with Crippen molar-refractivity contribution in [2.75, 3.05) is 17.6 Å². The Morgan fingerprint density at radius 3 is 2.45 bits per heavy atom. The van der Waals surface area contributed by atoms with E-state index in [9.17, 15) is 9.59 Å². The molecule has 31 heavy (non-hydrogen) atoms. The van der Waals surface area contributed by atoms with Crippen molar-refractivity contribution in [2.24, 2.45) is 5.92 Å². The van der Waals surface area contributed by atoms with E-state index in [1.54, 1.807) is 6.07 Å². The first kappa shape index (κ1) is 23.2. The molecule has 2 amide bonds. The SMILES string of the molecule is CC(C)Oc1ccc(NC(=O)c2ccccc2SCC(=O)NCC2CCCCC2)cc1. The van der Waals surface area contributed by atoms with Crippen molar-refractivity contribution in [1.82, 2.24) is 5.32 Å². The zero-order valence-corrected chi connectivity index (χ0v) is 19.2. The summed E-state index contributed by atoms with van der Waals surface area (Å²) in [5.41, 5.74) is 1.27. The van der Waals surface area contributed by atoms with Crippen LogP contribution < -0.4 is 15.4 Å². The smallest absolute Gasteiger partial charge is 0.256 e. The number of benzene rings is 2. The van der Waals surface area contributed by atoms with E-state index in [1.165, 1.54) is 43.9 Å². The Bertz CT molecular complexity index is 861. The fraction of sp³-hybridized carbons (Fsp3) is 0.440. The van der Waals surface area contributed by atoms with Gasteiger partial charge in [-0.05, 0) is 69.0 Å². The average Bonchev–Trinajstić information content (AvgIpc) is 2.78. The van der Waals surface area contributed by atoms with Crippen molar-refractivity contribution in [1.29, 1.82) is 0 Å². The van der Waals surface area contributed by atoms with Crippen LogP contribution in [0.25, 0.3) is 0 Å². The van der Waals surface area contributed by atoms with Crippen LogP contribution in [0.5, 0.6) is 5.75 Å². The highest BCUT2D eigenvalue weighted by molar-refractivity contribution is 8.00. The van der Waals surface area contributed by atoms with Crippen molar-refractivity contribution < 1.29 is 14.3 Å². The maximum absolute atomic E-state index is 12.8. The Morgan fingerprint density at radius 1 is 1.03 bits per heavy atom. The first-order valence-corrected chi connectivity index (χ1v) is 12.1. The lowest BCUT2D eigenvalue weighted by molar-refractivity contribution is -0.118. The van der Waals surface area contributed by atoms with E-state index in [4.69, 9.17) is 4.74 Å². The van der Waals surface area contributed by atoms with Crippen LogP contribution in [0, 0.1) is 5.92 Å². The number of hydrogen-bond acceptors (Lipinski definition) is 4. The van der Waals surface area contributed by atoms with Gasteiger partial charge in [0.15, 0.2) is 0 Å². The number of ether oxygens (including phenoxy) is 1. The van der Waals surface area contributed by atoms with Crippen LogP contribution in [0.2, 0.25) is 0 Å². The lowest BCUT2D eigenvalue weighted by atomic mass is 9.89. The number of amides is 2. The summed E-state index contributed by atoms with van der Waals surface area (Å²) >= 11 is 1.40. The molecule has 2 N–H and O–H groups in total. The third kappa shape index (κ3) is 7.62. The highest BCUT2D eigenvalue weighted by Gasteiger charge is 2.16. The largest absolute Gasteiger partial charge is 0.491 e. The molecule has 1 aliphatic carbocycles. The van der Waals surface area contributed by atoms with Crippen molar-refractivity contribution in [3.8, 4) is 5.75 Å². The predicted molar refractivity (Wildman–Crippen MR) is 127 cm³/mol. The summed E-state index contributed by atoms with van der Waals surface area (Å²) in [6.45, 7) is 4.71. The number of nitrogens with one attached hydrogen (secondary N) is 2. The van der Waals surface area contributed by atoms with E-state index in [0.717, 1.165) is 17.2 Å². The van der Waals surface area contributed by atoms with E-state index in [1.807, 2.05) is 56.3 Å². The molecule has 166 valence electrons. The van der Waals surface area contributed by atoms with E-state index in [0.29, 0.717) is 22.9 Å². The van der Waals surface area contributed by atoms with Gasteiger partial charge in [0, 0.05) is 17.1 Å². The normalized spacial score (nSPS) is 14.3. The summed E-state index contributed by atoms with van der Waals surface area (Å²) in [4.78, 5) is 25.9. The molecule has 1 saturated carbocycles. The fourth-order valence-electron chi connectivity index (χ4n) is 3.71. The molecule has 0 spiro atoms. The lowest BCUT2D eigenvalue weighted by Crippen LogP contribution is -2.31. The fourth-order valence-corrected chi connectivity index (χ4v) is 4.59. The number of rotatable bonds is 9. The molecule has 2 aromatic rings. The lowest BCUT2D eigenvalue weighted by Gasteiger charge is -2.21. The van der Waals surface area contributed by atoms with Crippen molar-refractivity contribution >= 4 is 29.3 Å². The molecular weight excluding hydrogens is 408 g/mol. The summed E-state index contributed by atoms with van der Waals surface area (Å²) in [6.07, 6.45) is 6.37. The molecule has 0 aliphatic heterocycles. The van der Waals surface area contributed by atoms with Gasteiger partial charge in [-0.2, -0.15) is 0 Å². The van der Waals surface area contributed by atoms with E-state index < -0.39 is 0 Å². The summed E-state index contributed by atoms with van der Waals surface area (Å²) in [5.74, 6) is 1.51. The van der Waals surface area contributed by atoms with E-state index >= 15 is 0 Å². The summed E-state index contributed by atoms with van der Waals surface area (Å²) in [7, 11) is 0. The standard InChI is InChI=1S/C25H32N2O3S/c1-18(2)30-21-14-12-20(13-15-21)27-25(29)22-10-6-7-11-23(22)31-17-24(28)26-16-19-8-4-3-5-9-19/h6-7,10-15,18-19H,3-5,8-9,16-17H2,1-2H3,(H,26,28)(H,27,29). The minimum Gasteiger partial charge on any atom is -0.491 e. The Labute approximate surface area is 189 Å². The van der Waals surface area contributed by atoms with Gasteiger partial charge in [0.1, 0.15) is 5.75 Å². The second kappa shape index (κ2) is 11.8. The van der Waals surface area contributed by atoms with E-state index in [-0.39, 0.29) is 17.9 Å². The Kier molecular flexibility index (Phi) is 8.83. The van der Waals surface area contributed by atoms with Crippen LogP contribution in [0.3, 0.4) is 0 Å². The van der Waals surface area contributed by atoms with Gasteiger partial charge in [-0.25, -0.2) is 0 Å². The van der Waals surface area contributed by atoms with Crippen LogP contribution in [0.15, 0.2) is 53.4 Å². The third-order valence-electron chi connectivity index (χ3n) is 5.29. The second-order valence-corrected chi connectivity index (χ2v) is 9.26. The van der Waals surface area contributed by atoms with Gasteiger partial charge in [0.2, 0.25) is 5.91 Å². The van der Waals surface area contributed by atoms with E-state index in [2.05, 4.69) is 10.6 Å². The van der Waals surface area contributed by atoms with Crippen LogP contribution in [-0.2, 0) is 4.79 Å². The molecule has 0 radical (unpaired) electrons. The molecular formula is C25H32N2O3S. The Balaban J connectivity index is 1.52. The highest BCUT2D eigenvalue weighted by atomic mass is 32.2. The molecule has 0 atom stereocenters. The first-order chi connectivity index (χ1) is 15.0. The van der Waals surface area contributed by atoms with Gasteiger partial charge in [-0.1, -0.05) is 31.4 Å². The minimum absolute atomic E-state index is 0.0199. The van der Waals surface area contributed by atoms with Crippen LogP contribution in [0.1, 0.15) is 56.3 Å². The number of carbonyl (C=O) groups is 2. The molecule has 0 bridgehead atoms. The minimum atomic E-state index is -0.191.